The van der Waals surface area contributed by atoms with Gasteiger partial charge in [0.1, 0.15) is 5.58 Å². The lowest BCUT2D eigenvalue weighted by Crippen LogP contribution is -1.80. The number of nitrogens with zero attached hydrogens (tertiary/aromatic N) is 1. The van der Waals surface area contributed by atoms with Crippen LogP contribution in [0.5, 0.6) is 0 Å². The summed E-state index contributed by atoms with van der Waals surface area (Å²) in [6, 6.07) is 21.5. The number of aromatic nitrogens is 1. The Morgan fingerprint density at radius 2 is 1.32 bits per heavy atom. The van der Waals surface area contributed by atoms with E-state index in [0.29, 0.717) is 0 Å². The van der Waals surface area contributed by atoms with Gasteiger partial charge in [-0.15, -0.1) is 0 Å². The minimum absolute atomic E-state index is 0.942. The highest BCUT2D eigenvalue weighted by atomic mass is 16.3. The third-order valence-electron chi connectivity index (χ3n) is 4.82. The van der Waals surface area contributed by atoms with Crippen LogP contribution in [-0.2, 0) is 0 Å². The van der Waals surface area contributed by atoms with Gasteiger partial charge in [-0.3, -0.25) is 0 Å². The fraction of sp³-hybridized carbons (Fsp3) is 0. The highest BCUT2D eigenvalue weighted by Gasteiger charge is 2.18. The van der Waals surface area contributed by atoms with E-state index >= 15 is 0 Å². The van der Waals surface area contributed by atoms with E-state index in [4.69, 9.17) is 4.42 Å². The molecule has 2 heteroatoms. The Bertz CT molecular complexity index is 1320. The van der Waals surface area contributed by atoms with Crippen LogP contribution in [0.15, 0.2) is 71.3 Å². The molecule has 3 aromatic heterocycles. The highest BCUT2D eigenvalue weighted by Crippen LogP contribution is 2.41. The van der Waals surface area contributed by atoms with Crippen molar-refractivity contribution in [3.8, 4) is 0 Å². The van der Waals surface area contributed by atoms with Gasteiger partial charge in [0.25, 0.3) is 0 Å². The van der Waals surface area contributed by atoms with Crippen molar-refractivity contribution in [2.45, 2.75) is 0 Å². The monoisotopic (exact) mass is 281 g/mol. The number of fused-ring (bicyclic) bond motifs is 8. The van der Waals surface area contributed by atoms with Crippen molar-refractivity contribution in [3.05, 3.63) is 66.9 Å². The molecule has 0 unspecified atom stereocenters. The summed E-state index contributed by atoms with van der Waals surface area (Å²) in [5, 5.41) is 6.41. The van der Waals surface area contributed by atoms with Crippen LogP contribution in [0, 0.1) is 0 Å². The second kappa shape index (κ2) is 3.42. The Hall–Kier alpha value is -3.00. The molecule has 0 amide bonds. The molecule has 102 valence electrons. The minimum Gasteiger partial charge on any atom is -0.464 e. The summed E-state index contributed by atoms with van der Waals surface area (Å²) in [6.45, 7) is 0. The van der Waals surface area contributed by atoms with Crippen molar-refractivity contribution in [2.24, 2.45) is 0 Å². The first-order valence-electron chi connectivity index (χ1n) is 7.46. The van der Waals surface area contributed by atoms with E-state index in [0.717, 1.165) is 5.58 Å². The topological polar surface area (TPSA) is 17.6 Å². The Kier molecular flexibility index (Phi) is 1.66. The third kappa shape index (κ3) is 1.03. The van der Waals surface area contributed by atoms with Crippen molar-refractivity contribution in [1.29, 1.82) is 0 Å². The van der Waals surface area contributed by atoms with Gasteiger partial charge in [0.2, 0.25) is 0 Å². The lowest BCUT2D eigenvalue weighted by Gasteiger charge is -1.98. The molecule has 0 bridgehead atoms. The molecule has 0 saturated carbocycles. The zero-order chi connectivity index (χ0) is 14.3. The van der Waals surface area contributed by atoms with E-state index in [1.807, 2.05) is 0 Å². The second-order valence-electron chi connectivity index (χ2n) is 5.85. The van der Waals surface area contributed by atoms with Gasteiger partial charge >= 0.3 is 0 Å². The van der Waals surface area contributed by atoms with Crippen LogP contribution in [0.2, 0.25) is 0 Å². The Balaban J connectivity index is 2.14. The van der Waals surface area contributed by atoms with Gasteiger partial charge in [-0.25, -0.2) is 0 Å². The lowest BCUT2D eigenvalue weighted by atomic mass is 10.1. The molecule has 0 radical (unpaired) electrons. The summed E-state index contributed by atoms with van der Waals surface area (Å²) in [6.07, 6.45) is 1.77. The Morgan fingerprint density at radius 1 is 0.591 bits per heavy atom. The van der Waals surface area contributed by atoms with E-state index in [9.17, 15) is 0 Å². The summed E-state index contributed by atoms with van der Waals surface area (Å²) in [5.41, 5.74) is 4.76. The fourth-order valence-electron chi connectivity index (χ4n) is 3.96. The molecule has 0 aliphatic carbocycles. The van der Waals surface area contributed by atoms with Gasteiger partial charge in [0.05, 0.1) is 22.8 Å². The number of para-hydroxylation sites is 2. The van der Waals surface area contributed by atoms with E-state index in [2.05, 4.69) is 65.1 Å². The van der Waals surface area contributed by atoms with Crippen LogP contribution in [0.1, 0.15) is 0 Å². The first kappa shape index (κ1) is 10.7. The first-order valence-corrected chi connectivity index (χ1v) is 7.46. The van der Waals surface area contributed by atoms with Gasteiger partial charge in [0, 0.05) is 26.9 Å². The molecular formula is C20H11NO. The average molecular weight is 281 g/mol. The molecule has 0 fully saturated rings. The van der Waals surface area contributed by atoms with Gasteiger partial charge in [-0.2, -0.15) is 0 Å². The number of rotatable bonds is 0. The maximum absolute atomic E-state index is 5.61. The van der Waals surface area contributed by atoms with Crippen LogP contribution in [0.3, 0.4) is 0 Å². The first-order chi connectivity index (χ1) is 10.9. The van der Waals surface area contributed by atoms with Crippen molar-refractivity contribution >= 4 is 49.1 Å². The summed E-state index contributed by atoms with van der Waals surface area (Å²) in [5.74, 6) is 0. The quantitative estimate of drug-likeness (QED) is 0.355. The Morgan fingerprint density at radius 3 is 2.27 bits per heavy atom. The van der Waals surface area contributed by atoms with E-state index in [-0.39, 0.29) is 0 Å². The number of hydrogen-bond acceptors (Lipinski definition) is 1. The van der Waals surface area contributed by atoms with Crippen LogP contribution < -0.4 is 0 Å². The molecular weight excluding hydrogens is 270 g/mol. The molecule has 0 saturated heterocycles. The van der Waals surface area contributed by atoms with Crippen LogP contribution >= 0.6 is 0 Å². The second-order valence-corrected chi connectivity index (χ2v) is 5.85. The summed E-state index contributed by atoms with van der Waals surface area (Å²) < 4.78 is 8.01. The van der Waals surface area contributed by atoms with E-state index in [1.165, 1.54) is 43.5 Å². The van der Waals surface area contributed by atoms with Gasteiger partial charge < -0.3 is 8.82 Å². The number of hydrogen-bond donors (Lipinski definition) is 0. The summed E-state index contributed by atoms with van der Waals surface area (Å²) >= 11 is 0. The molecule has 3 heterocycles. The largest absolute Gasteiger partial charge is 0.464 e. The highest BCUT2D eigenvalue weighted by molar-refractivity contribution is 6.26. The predicted octanol–water partition coefficient (Wildman–Crippen LogP) is 5.58. The zero-order valence-corrected chi connectivity index (χ0v) is 11.7. The molecule has 2 nitrogen and oxygen atoms in total. The molecule has 3 aromatic carbocycles. The fourth-order valence-corrected chi connectivity index (χ4v) is 3.96. The molecule has 0 spiro atoms. The van der Waals surface area contributed by atoms with Crippen LogP contribution in [0.4, 0.5) is 0 Å². The van der Waals surface area contributed by atoms with E-state index in [1.54, 1.807) is 6.26 Å². The molecule has 0 aliphatic rings. The number of benzene rings is 3. The van der Waals surface area contributed by atoms with E-state index < -0.39 is 0 Å². The van der Waals surface area contributed by atoms with Gasteiger partial charge in [-0.05, 0) is 24.3 Å². The predicted molar refractivity (Wildman–Crippen MR) is 90.9 cm³/mol. The van der Waals surface area contributed by atoms with Crippen molar-refractivity contribution in [3.63, 3.8) is 0 Å². The molecule has 0 N–H and O–H groups in total. The van der Waals surface area contributed by atoms with Gasteiger partial charge in [0.15, 0.2) is 0 Å². The Labute approximate surface area is 125 Å². The normalized spacial score (nSPS) is 12.5. The van der Waals surface area contributed by atoms with Crippen LogP contribution in [0.25, 0.3) is 49.1 Å². The minimum atomic E-state index is 0.942. The third-order valence-corrected chi connectivity index (χ3v) is 4.82. The maximum Gasteiger partial charge on any atom is 0.136 e. The average Bonchev–Trinajstić information content (AvgIpc) is 3.24. The van der Waals surface area contributed by atoms with Crippen molar-refractivity contribution in [1.82, 2.24) is 4.40 Å². The van der Waals surface area contributed by atoms with Crippen molar-refractivity contribution < 1.29 is 4.42 Å². The molecule has 6 aromatic rings. The summed E-state index contributed by atoms with van der Waals surface area (Å²) in [4.78, 5) is 0. The zero-order valence-electron chi connectivity index (χ0n) is 11.7. The number of furan rings is 1. The summed E-state index contributed by atoms with van der Waals surface area (Å²) in [7, 11) is 0. The van der Waals surface area contributed by atoms with Gasteiger partial charge in [-0.1, -0.05) is 36.4 Å². The van der Waals surface area contributed by atoms with Crippen LogP contribution in [-0.4, -0.2) is 4.40 Å². The SMILES string of the molecule is c1ccc2c(c1)c1cccc3c4ccc5occc5c4n2c13. The molecule has 0 atom stereocenters. The maximum atomic E-state index is 5.61. The smallest absolute Gasteiger partial charge is 0.136 e. The molecule has 0 aliphatic heterocycles. The molecule has 6 rings (SSSR count). The lowest BCUT2D eigenvalue weighted by molar-refractivity contribution is 0.616. The standard InChI is InChI=1S/C20H11NO/c1-2-7-17-12(4-1)13-5-3-6-14-15-8-9-18-16(10-11-22-18)20(15)21(17)19(13)14/h1-11H. The molecule has 22 heavy (non-hydrogen) atoms. The van der Waals surface area contributed by atoms with Crippen molar-refractivity contribution in [2.75, 3.05) is 0 Å².